The Morgan fingerprint density at radius 2 is 2.00 bits per heavy atom. The van der Waals surface area contributed by atoms with Crippen LogP contribution in [0.25, 0.3) is 0 Å². The van der Waals surface area contributed by atoms with E-state index in [9.17, 15) is 0 Å². The maximum atomic E-state index is 2.24. The molecule has 0 amide bonds. The summed E-state index contributed by atoms with van der Waals surface area (Å²) < 4.78 is 1.42. The van der Waals surface area contributed by atoms with E-state index in [1.54, 1.807) is 0 Å². The number of rotatable bonds is 3. The zero-order valence-corrected chi connectivity index (χ0v) is 6.21. The molecule has 0 heterocycles. The van der Waals surface area contributed by atoms with Crippen LogP contribution >= 0.6 is 0 Å². The van der Waals surface area contributed by atoms with Gasteiger partial charge in [0.25, 0.3) is 0 Å². The van der Waals surface area contributed by atoms with Crippen LogP contribution in [0.4, 0.5) is 0 Å². The summed E-state index contributed by atoms with van der Waals surface area (Å²) >= 11 is 1.86. The van der Waals surface area contributed by atoms with Gasteiger partial charge in [-0.25, -0.2) is 0 Å². The maximum absolute atomic E-state index is 2.24. The van der Waals surface area contributed by atoms with Crippen LogP contribution in [0, 0.1) is 0 Å². The van der Waals surface area contributed by atoms with Crippen molar-refractivity contribution in [3.63, 3.8) is 0 Å². The Balaban J connectivity index is 2.34. The fraction of sp³-hybridized carbons (Fsp3) is 1.00. The molecule has 0 bridgehead atoms. The molecule has 0 unspecified atom stereocenters. The van der Waals surface area contributed by atoms with E-state index >= 15 is 0 Å². The molecule has 0 aromatic carbocycles. The average Bonchev–Trinajstić information content (AvgIpc) is 1.61. The standard InChI is InChI=1S/C5H11.Sc/c1-3-5-4-2;/h1,3-5H2,2H3;. The van der Waals surface area contributed by atoms with Gasteiger partial charge in [0.1, 0.15) is 0 Å². The van der Waals surface area contributed by atoms with Crippen LogP contribution < -0.4 is 0 Å². The van der Waals surface area contributed by atoms with Crippen LogP contribution in [0.3, 0.4) is 0 Å². The summed E-state index contributed by atoms with van der Waals surface area (Å²) in [4.78, 5) is 0. The van der Waals surface area contributed by atoms with E-state index in [2.05, 4.69) is 6.92 Å². The molecular weight excluding hydrogens is 105 g/mol. The first-order chi connectivity index (χ1) is 2.91. The molecule has 6 heavy (non-hydrogen) atoms. The third kappa shape index (κ3) is 4.87. The Morgan fingerprint density at radius 1 is 1.33 bits per heavy atom. The van der Waals surface area contributed by atoms with Gasteiger partial charge in [0.15, 0.2) is 0 Å². The molecule has 1 heteroatoms. The zero-order chi connectivity index (χ0) is 4.83. The Kier molecular flexibility index (Phi) is 6.72. The molecule has 0 saturated heterocycles. The molecule has 0 aromatic heterocycles. The van der Waals surface area contributed by atoms with E-state index in [1.807, 2.05) is 24.4 Å². The van der Waals surface area contributed by atoms with E-state index in [1.165, 1.54) is 23.4 Å². The van der Waals surface area contributed by atoms with Crippen molar-refractivity contribution < 1.29 is 24.4 Å². The summed E-state index contributed by atoms with van der Waals surface area (Å²) in [6, 6.07) is 0. The van der Waals surface area contributed by atoms with Gasteiger partial charge in [-0.1, -0.05) is 0 Å². The van der Waals surface area contributed by atoms with Crippen molar-refractivity contribution >= 4 is 0 Å². The summed E-state index contributed by atoms with van der Waals surface area (Å²) in [5.74, 6) is 0. The van der Waals surface area contributed by atoms with Crippen molar-refractivity contribution in [2.45, 2.75) is 30.4 Å². The summed E-state index contributed by atoms with van der Waals surface area (Å²) in [5.41, 5.74) is 0. The van der Waals surface area contributed by atoms with Gasteiger partial charge >= 0.3 is 54.7 Å². The van der Waals surface area contributed by atoms with Gasteiger partial charge in [-0.3, -0.25) is 0 Å². The fourth-order valence-electron chi connectivity index (χ4n) is 0.394. The molecule has 0 aliphatic rings. The van der Waals surface area contributed by atoms with Gasteiger partial charge in [0.2, 0.25) is 0 Å². The Labute approximate surface area is 54.9 Å². The fourth-order valence-corrected chi connectivity index (χ4v) is 0.845. The second-order valence-corrected chi connectivity index (χ2v) is 2.40. The first-order valence-electron chi connectivity index (χ1n) is 2.62. The second-order valence-electron chi connectivity index (χ2n) is 1.50. The Hall–Kier alpha value is 0.870. The van der Waals surface area contributed by atoms with E-state index in [4.69, 9.17) is 0 Å². The quantitative estimate of drug-likeness (QED) is 0.495. The number of unbranched alkanes of at least 4 members (excludes halogenated alkanes) is 2. The molecular formula is C5H11Sc. The van der Waals surface area contributed by atoms with Gasteiger partial charge < -0.3 is 0 Å². The molecule has 0 spiro atoms. The molecule has 0 aliphatic carbocycles. The first-order valence-corrected chi connectivity index (χ1v) is 3.89. The van der Waals surface area contributed by atoms with Gasteiger partial charge in [0, 0.05) is 0 Å². The van der Waals surface area contributed by atoms with Crippen LogP contribution in [0.15, 0.2) is 0 Å². The van der Waals surface area contributed by atoms with Crippen molar-refractivity contribution in [2.24, 2.45) is 0 Å². The van der Waals surface area contributed by atoms with Crippen molar-refractivity contribution in [2.75, 3.05) is 0 Å². The van der Waals surface area contributed by atoms with Crippen LogP contribution in [-0.2, 0) is 24.4 Å². The third-order valence-corrected chi connectivity index (χ3v) is 1.45. The number of hydrogen-bond donors (Lipinski definition) is 0. The normalized spacial score (nSPS) is 8.67. The monoisotopic (exact) mass is 116 g/mol. The van der Waals surface area contributed by atoms with Crippen molar-refractivity contribution in [3.8, 4) is 0 Å². The predicted octanol–water partition coefficient (Wildman–Crippen LogP) is 2.14. The molecule has 0 aliphatic heterocycles. The van der Waals surface area contributed by atoms with Gasteiger partial charge in [-0.15, -0.1) is 0 Å². The molecule has 0 fully saturated rings. The Morgan fingerprint density at radius 3 is 2.17 bits per heavy atom. The van der Waals surface area contributed by atoms with Gasteiger partial charge in [0.05, 0.1) is 0 Å². The molecule has 0 nitrogen and oxygen atoms in total. The molecule has 34 valence electrons. The SMILES string of the molecule is CCCC[CH2][Sc]. The minimum absolute atomic E-state index is 1.36. The van der Waals surface area contributed by atoms with E-state index < -0.39 is 0 Å². The third-order valence-electron chi connectivity index (χ3n) is 0.808. The predicted molar refractivity (Wildman–Crippen MR) is 24.3 cm³/mol. The molecule has 0 aromatic rings. The summed E-state index contributed by atoms with van der Waals surface area (Å²) in [6.45, 7) is 2.24. The zero-order valence-electron chi connectivity index (χ0n) is 4.41. The van der Waals surface area contributed by atoms with Gasteiger partial charge in [-0.05, 0) is 0 Å². The van der Waals surface area contributed by atoms with Crippen LogP contribution in [0.1, 0.15) is 26.2 Å². The molecule has 0 radical (unpaired) electrons. The second kappa shape index (κ2) is 5.87. The summed E-state index contributed by atoms with van der Waals surface area (Å²) in [7, 11) is 0. The van der Waals surface area contributed by atoms with Crippen molar-refractivity contribution in [1.82, 2.24) is 0 Å². The average molecular weight is 116 g/mol. The van der Waals surface area contributed by atoms with Crippen molar-refractivity contribution in [3.05, 3.63) is 0 Å². The molecule has 0 N–H and O–H groups in total. The number of hydrogen-bond acceptors (Lipinski definition) is 0. The van der Waals surface area contributed by atoms with Crippen LogP contribution in [0.5, 0.6) is 0 Å². The van der Waals surface area contributed by atoms with Crippen LogP contribution in [-0.4, -0.2) is 0 Å². The van der Waals surface area contributed by atoms with E-state index in [0.717, 1.165) is 0 Å². The van der Waals surface area contributed by atoms with Gasteiger partial charge in [-0.2, -0.15) is 0 Å². The summed E-state index contributed by atoms with van der Waals surface area (Å²) in [6.07, 6.45) is 4.23. The molecule has 0 rings (SSSR count). The minimum atomic E-state index is 1.36. The molecule has 0 saturated carbocycles. The topological polar surface area (TPSA) is 0 Å². The Bertz CT molecular complexity index is 15.9. The van der Waals surface area contributed by atoms with E-state index in [-0.39, 0.29) is 0 Å². The molecule has 0 atom stereocenters. The van der Waals surface area contributed by atoms with E-state index in [0.29, 0.717) is 0 Å². The van der Waals surface area contributed by atoms with Crippen molar-refractivity contribution in [1.29, 1.82) is 0 Å². The first kappa shape index (κ1) is 6.87. The van der Waals surface area contributed by atoms with Crippen LogP contribution in [0.2, 0.25) is 4.18 Å². The summed E-state index contributed by atoms with van der Waals surface area (Å²) in [5, 5.41) is 0.